The van der Waals surface area contributed by atoms with Gasteiger partial charge in [-0.3, -0.25) is 4.79 Å². The third-order valence-corrected chi connectivity index (χ3v) is 2.89. The molecule has 0 aliphatic heterocycles. The second kappa shape index (κ2) is 7.58. The standard InChI is InChI=1S/C16H10F4O4/c17-9-5-6-12(18)11(7-9)13(21)8-23-15(22)10-3-1-2-4-14(10)24-16(19)20/h1-7,16H,8H2. The van der Waals surface area contributed by atoms with Gasteiger partial charge < -0.3 is 9.47 Å². The quantitative estimate of drug-likeness (QED) is 0.457. The molecule has 2 aromatic carbocycles. The van der Waals surface area contributed by atoms with Crippen molar-refractivity contribution in [3.8, 4) is 5.75 Å². The average Bonchev–Trinajstić information content (AvgIpc) is 2.54. The van der Waals surface area contributed by atoms with Gasteiger partial charge in [0.1, 0.15) is 22.9 Å². The van der Waals surface area contributed by atoms with Crippen molar-refractivity contribution in [2.24, 2.45) is 0 Å². The molecule has 8 heteroatoms. The predicted octanol–water partition coefficient (Wildman–Crippen LogP) is 3.61. The zero-order valence-electron chi connectivity index (χ0n) is 12.0. The number of rotatable bonds is 6. The maximum Gasteiger partial charge on any atom is 0.387 e. The highest BCUT2D eigenvalue weighted by Gasteiger charge is 2.19. The summed E-state index contributed by atoms with van der Waals surface area (Å²) in [6.07, 6.45) is 0. The van der Waals surface area contributed by atoms with E-state index in [-0.39, 0.29) is 5.56 Å². The van der Waals surface area contributed by atoms with Crippen molar-refractivity contribution in [3.05, 3.63) is 65.2 Å². The van der Waals surface area contributed by atoms with E-state index in [1.54, 1.807) is 0 Å². The normalized spacial score (nSPS) is 10.5. The van der Waals surface area contributed by atoms with Crippen LogP contribution in [0.25, 0.3) is 0 Å². The Morgan fingerprint density at radius 1 is 1.00 bits per heavy atom. The van der Waals surface area contributed by atoms with Gasteiger partial charge in [0.05, 0.1) is 5.56 Å². The van der Waals surface area contributed by atoms with Crippen LogP contribution in [-0.4, -0.2) is 25.0 Å². The number of alkyl halides is 2. The monoisotopic (exact) mass is 342 g/mol. The van der Waals surface area contributed by atoms with Crippen LogP contribution in [0.2, 0.25) is 0 Å². The molecule has 0 saturated heterocycles. The molecule has 0 atom stereocenters. The first-order chi connectivity index (χ1) is 11.4. The summed E-state index contributed by atoms with van der Waals surface area (Å²) >= 11 is 0. The number of benzene rings is 2. The number of hydrogen-bond acceptors (Lipinski definition) is 4. The highest BCUT2D eigenvalue weighted by atomic mass is 19.3. The molecule has 0 aliphatic carbocycles. The molecule has 0 radical (unpaired) electrons. The molecule has 0 aromatic heterocycles. The molecular weight excluding hydrogens is 332 g/mol. The van der Waals surface area contributed by atoms with E-state index in [0.29, 0.717) is 6.07 Å². The Balaban J connectivity index is 2.08. The largest absolute Gasteiger partial charge is 0.454 e. The highest BCUT2D eigenvalue weighted by Crippen LogP contribution is 2.21. The van der Waals surface area contributed by atoms with Crippen molar-refractivity contribution in [1.29, 1.82) is 0 Å². The van der Waals surface area contributed by atoms with E-state index in [0.717, 1.165) is 24.3 Å². The minimum absolute atomic E-state index is 0.328. The summed E-state index contributed by atoms with van der Waals surface area (Å²) < 4.78 is 59.9. The molecule has 0 heterocycles. The summed E-state index contributed by atoms with van der Waals surface area (Å²) in [5.74, 6) is -4.33. The number of hydrogen-bond donors (Lipinski definition) is 0. The third-order valence-electron chi connectivity index (χ3n) is 2.89. The van der Waals surface area contributed by atoms with Gasteiger partial charge in [-0.15, -0.1) is 0 Å². The fourth-order valence-electron chi connectivity index (χ4n) is 1.83. The Hall–Kier alpha value is -2.90. The zero-order chi connectivity index (χ0) is 17.7. The number of Topliss-reactive ketones (excluding diaryl/α,β-unsaturated/α-hetero) is 1. The van der Waals surface area contributed by atoms with E-state index in [1.165, 1.54) is 12.1 Å². The van der Waals surface area contributed by atoms with Gasteiger partial charge in [-0.2, -0.15) is 8.78 Å². The van der Waals surface area contributed by atoms with E-state index in [4.69, 9.17) is 0 Å². The molecule has 0 N–H and O–H groups in total. The molecule has 0 aliphatic rings. The number of carbonyl (C=O) groups excluding carboxylic acids is 2. The number of para-hydroxylation sites is 1. The van der Waals surface area contributed by atoms with Gasteiger partial charge in [0, 0.05) is 0 Å². The van der Waals surface area contributed by atoms with Crippen molar-refractivity contribution in [1.82, 2.24) is 0 Å². The van der Waals surface area contributed by atoms with Crippen LogP contribution in [0.5, 0.6) is 5.75 Å². The summed E-state index contributed by atoms with van der Waals surface area (Å²) in [4.78, 5) is 23.6. The van der Waals surface area contributed by atoms with Crippen LogP contribution in [-0.2, 0) is 4.74 Å². The predicted molar refractivity (Wildman–Crippen MR) is 74.0 cm³/mol. The Kier molecular flexibility index (Phi) is 5.51. The van der Waals surface area contributed by atoms with Crippen LogP contribution >= 0.6 is 0 Å². The van der Waals surface area contributed by atoms with Crippen molar-refractivity contribution < 1.29 is 36.6 Å². The minimum atomic E-state index is -3.15. The second-order valence-corrected chi connectivity index (χ2v) is 4.50. The molecule has 24 heavy (non-hydrogen) atoms. The maximum absolute atomic E-state index is 13.4. The van der Waals surface area contributed by atoms with Gasteiger partial charge in [-0.05, 0) is 30.3 Å². The lowest BCUT2D eigenvalue weighted by molar-refractivity contribution is -0.0504. The van der Waals surface area contributed by atoms with Gasteiger partial charge in [0.2, 0.25) is 5.78 Å². The number of esters is 1. The van der Waals surface area contributed by atoms with Crippen molar-refractivity contribution in [2.75, 3.05) is 6.61 Å². The Morgan fingerprint density at radius 2 is 1.71 bits per heavy atom. The van der Waals surface area contributed by atoms with Crippen LogP contribution < -0.4 is 4.74 Å². The van der Waals surface area contributed by atoms with E-state index in [2.05, 4.69) is 9.47 Å². The lowest BCUT2D eigenvalue weighted by atomic mass is 10.1. The molecule has 0 fully saturated rings. The lowest BCUT2D eigenvalue weighted by Gasteiger charge is -2.10. The molecule has 0 spiro atoms. The van der Waals surface area contributed by atoms with Crippen molar-refractivity contribution in [3.63, 3.8) is 0 Å². The summed E-state index contributed by atoms with van der Waals surface area (Å²) in [6, 6.07) is 7.28. The first-order valence-corrected chi connectivity index (χ1v) is 6.57. The summed E-state index contributed by atoms with van der Waals surface area (Å²) in [6.45, 7) is -4.04. The van der Waals surface area contributed by atoms with E-state index in [1.807, 2.05) is 0 Å². The zero-order valence-corrected chi connectivity index (χ0v) is 12.0. The molecule has 0 saturated carbocycles. The Morgan fingerprint density at radius 3 is 2.42 bits per heavy atom. The van der Waals surface area contributed by atoms with Gasteiger partial charge >= 0.3 is 12.6 Å². The minimum Gasteiger partial charge on any atom is -0.454 e. The van der Waals surface area contributed by atoms with Crippen LogP contribution in [0.3, 0.4) is 0 Å². The van der Waals surface area contributed by atoms with Crippen LogP contribution in [0.4, 0.5) is 17.6 Å². The van der Waals surface area contributed by atoms with E-state index < -0.39 is 47.9 Å². The smallest absolute Gasteiger partial charge is 0.387 e. The molecule has 2 rings (SSSR count). The SMILES string of the molecule is O=C(COC(=O)c1ccccc1OC(F)F)c1cc(F)ccc1F. The summed E-state index contributed by atoms with van der Waals surface area (Å²) in [5, 5.41) is 0. The third kappa shape index (κ3) is 4.31. The highest BCUT2D eigenvalue weighted by molar-refractivity contribution is 6.00. The molecule has 0 amide bonds. The summed E-state index contributed by atoms with van der Waals surface area (Å²) in [5.41, 5.74) is -0.912. The van der Waals surface area contributed by atoms with E-state index in [9.17, 15) is 27.2 Å². The topological polar surface area (TPSA) is 52.6 Å². The Bertz CT molecular complexity index is 761. The van der Waals surface area contributed by atoms with Crippen LogP contribution in [0.1, 0.15) is 20.7 Å². The second-order valence-electron chi connectivity index (χ2n) is 4.50. The molecule has 126 valence electrons. The number of ketones is 1. The molecule has 2 aromatic rings. The van der Waals surface area contributed by atoms with E-state index >= 15 is 0 Å². The Labute approximate surface area is 133 Å². The first-order valence-electron chi connectivity index (χ1n) is 6.57. The molecular formula is C16H10F4O4. The lowest BCUT2D eigenvalue weighted by Crippen LogP contribution is -2.17. The van der Waals surface area contributed by atoms with Crippen molar-refractivity contribution in [2.45, 2.75) is 6.61 Å². The number of carbonyl (C=O) groups is 2. The van der Waals surface area contributed by atoms with Crippen LogP contribution in [0.15, 0.2) is 42.5 Å². The fraction of sp³-hybridized carbons (Fsp3) is 0.125. The molecule has 0 bridgehead atoms. The van der Waals surface area contributed by atoms with Gasteiger partial charge in [0.15, 0.2) is 6.61 Å². The molecule has 0 unspecified atom stereocenters. The molecule has 4 nitrogen and oxygen atoms in total. The van der Waals surface area contributed by atoms with Crippen molar-refractivity contribution >= 4 is 11.8 Å². The first kappa shape index (κ1) is 17.5. The van der Waals surface area contributed by atoms with Gasteiger partial charge in [-0.25, -0.2) is 13.6 Å². The van der Waals surface area contributed by atoms with Crippen LogP contribution in [0, 0.1) is 11.6 Å². The maximum atomic E-state index is 13.4. The summed E-state index contributed by atoms with van der Waals surface area (Å²) in [7, 11) is 0. The van der Waals surface area contributed by atoms with Gasteiger partial charge in [-0.1, -0.05) is 12.1 Å². The van der Waals surface area contributed by atoms with Gasteiger partial charge in [0.25, 0.3) is 0 Å². The number of ether oxygens (including phenoxy) is 2. The fourth-order valence-corrected chi connectivity index (χ4v) is 1.83. The average molecular weight is 342 g/mol. The number of halogens is 4.